The number of amides is 4. The van der Waals surface area contributed by atoms with Crippen molar-refractivity contribution in [3.05, 3.63) is 46.0 Å². The Bertz CT molecular complexity index is 939. The molecule has 7 nitrogen and oxygen atoms in total. The summed E-state index contributed by atoms with van der Waals surface area (Å²) in [6.45, 7) is 4.19. The van der Waals surface area contributed by atoms with Gasteiger partial charge in [-0.25, -0.2) is 0 Å². The highest BCUT2D eigenvalue weighted by Crippen LogP contribution is 2.35. The van der Waals surface area contributed by atoms with Gasteiger partial charge in [-0.15, -0.1) is 0 Å². The number of likely N-dealkylation sites (tertiary alicyclic amines) is 1. The van der Waals surface area contributed by atoms with Crippen LogP contribution in [0.4, 0.5) is 0 Å². The van der Waals surface area contributed by atoms with E-state index in [2.05, 4.69) is 5.32 Å². The van der Waals surface area contributed by atoms with Crippen molar-refractivity contribution >= 4 is 46.8 Å². The van der Waals surface area contributed by atoms with Gasteiger partial charge in [0.15, 0.2) is 0 Å². The third-order valence-electron chi connectivity index (χ3n) is 6.24. The van der Waals surface area contributed by atoms with Crippen LogP contribution in [0.25, 0.3) is 0 Å². The van der Waals surface area contributed by atoms with Crippen molar-refractivity contribution in [1.29, 1.82) is 0 Å². The average molecular weight is 494 g/mol. The van der Waals surface area contributed by atoms with Gasteiger partial charge in [0.2, 0.25) is 23.6 Å². The van der Waals surface area contributed by atoms with Crippen LogP contribution in [0.5, 0.6) is 0 Å². The second-order valence-corrected chi connectivity index (χ2v) is 9.15. The van der Waals surface area contributed by atoms with Crippen LogP contribution < -0.4 is 5.32 Å². The molecule has 178 valence electrons. The number of fused-ring (bicyclic) bond motifs is 1. The van der Waals surface area contributed by atoms with Crippen LogP contribution in [-0.2, 0) is 25.7 Å². The van der Waals surface area contributed by atoms with Crippen molar-refractivity contribution in [2.75, 3.05) is 13.1 Å². The van der Waals surface area contributed by atoms with Gasteiger partial charge < -0.3 is 10.2 Å². The van der Waals surface area contributed by atoms with Crippen molar-refractivity contribution in [2.24, 2.45) is 11.8 Å². The summed E-state index contributed by atoms with van der Waals surface area (Å²) in [5.41, 5.74) is 0.655. The van der Waals surface area contributed by atoms with Crippen LogP contribution in [-0.4, -0.2) is 52.6 Å². The number of carbonyl (C=O) groups excluding carboxylic acids is 4. The highest BCUT2D eigenvalue weighted by molar-refractivity contribution is 6.35. The number of likely N-dealkylation sites (N-methyl/N-ethyl adjacent to an activating group) is 1. The second kappa shape index (κ2) is 11.2. The maximum atomic E-state index is 13.3. The lowest BCUT2D eigenvalue weighted by Crippen LogP contribution is -2.49. The maximum Gasteiger partial charge on any atom is 0.242 e. The van der Waals surface area contributed by atoms with E-state index in [0.717, 1.165) is 0 Å². The van der Waals surface area contributed by atoms with E-state index in [0.29, 0.717) is 41.4 Å². The fraction of sp³-hybridized carbons (Fsp3) is 0.500. The summed E-state index contributed by atoms with van der Waals surface area (Å²) in [5, 5.41) is 3.64. The van der Waals surface area contributed by atoms with Crippen molar-refractivity contribution in [2.45, 2.75) is 52.1 Å². The summed E-state index contributed by atoms with van der Waals surface area (Å²) in [5.74, 6) is -1.69. The van der Waals surface area contributed by atoms with E-state index < -0.39 is 6.04 Å². The predicted octanol–water partition coefficient (Wildman–Crippen LogP) is 3.58. The molecule has 1 heterocycles. The number of allylic oxidation sites excluding steroid dienone is 2. The zero-order valence-electron chi connectivity index (χ0n) is 18.9. The molecule has 1 fully saturated rings. The molecule has 33 heavy (non-hydrogen) atoms. The number of halogens is 2. The number of rotatable bonds is 9. The van der Waals surface area contributed by atoms with E-state index in [9.17, 15) is 19.2 Å². The Labute approximate surface area is 204 Å². The van der Waals surface area contributed by atoms with Gasteiger partial charge in [0.25, 0.3) is 0 Å². The van der Waals surface area contributed by atoms with Crippen LogP contribution in [0.1, 0.15) is 45.1 Å². The lowest BCUT2D eigenvalue weighted by Gasteiger charge is -2.31. The fourth-order valence-corrected chi connectivity index (χ4v) is 4.95. The number of nitrogens with zero attached hydrogens (tertiary/aromatic N) is 2. The predicted molar refractivity (Wildman–Crippen MR) is 126 cm³/mol. The summed E-state index contributed by atoms with van der Waals surface area (Å²) in [7, 11) is 0. The third-order valence-corrected chi connectivity index (χ3v) is 6.83. The van der Waals surface area contributed by atoms with E-state index >= 15 is 0 Å². The highest BCUT2D eigenvalue weighted by atomic mass is 35.5. The Kier molecular flexibility index (Phi) is 8.54. The standard InChI is InChI=1S/C24H29Cl2N3O4/c1-3-20(22(31)27-4-2)29(14-15-9-10-16(25)13-19(15)26)21(30)11-12-28-23(32)17-7-5-6-8-18(17)24(28)33/h5-6,9-10,13,17-18,20H,3-4,7-8,11-12,14H2,1-2H3,(H,27,31)/t17-,18+,20-/m1/s1. The molecular formula is C24H29Cl2N3O4. The first kappa shape index (κ1) is 25.2. The number of imide groups is 1. The molecule has 1 aliphatic heterocycles. The highest BCUT2D eigenvalue weighted by Gasteiger charge is 2.47. The minimum Gasteiger partial charge on any atom is -0.355 e. The minimum absolute atomic E-state index is 0.000180. The monoisotopic (exact) mass is 493 g/mol. The molecule has 4 amide bonds. The Hall–Kier alpha value is -2.38. The average Bonchev–Trinajstić information content (AvgIpc) is 3.03. The molecule has 0 aromatic heterocycles. The lowest BCUT2D eigenvalue weighted by atomic mass is 9.85. The molecule has 0 radical (unpaired) electrons. The lowest BCUT2D eigenvalue weighted by molar-refractivity contribution is -0.144. The number of carbonyl (C=O) groups is 4. The summed E-state index contributed by atoms with van der Waals surface area (Å²) in [6, 6.07) is 4.28. The molecule has 2 aliphatic rings. The van der Waals surface area contributed by atoms with Crippen molar-refractivity contribution in [3.8, 4) is 0 Å². The molecule has 0 spiro atoms. The van der Waals surface area contributed by atoms with E-state index in [4.69, 9.17) is 23.2 Å². The van der Waals surface area contributed by atoms with Crippen molar-refractivity contribution in [1.82, 2.24) is 15.1 Å². The Morgan fingerprint density at radius 2 is 1.76 bits per heavy atom. The van der Waals surface area contributed by atoms with Crippen LogP contribution >= 0.6 is 23.2 Å². The normalized spacial score (nSPS) is 20.5. The Balaban J connectivity index is 1.77. The molecule has 0 unspecified atom stereocenters. The van der Waals surface area contributed by atoms with Crippen LogP contribution in [0.3, 0.4) is 0 Å². The zero-order chi connectivity index (χ0) is 24.1. The molecule has 9 heteroatoms. The number of benzene rings is 1. The van der Waals surface area contributed by atoms with Gasteiger partial charge in [-0.3, -0.25) is 24.1 Å². The van der Waals surface area contributed by atoms with Gasteiger partial charge in [-0.2, -0.15) is 0 Å². The number of hydrogen-bond donors (Lipinski definition) is 1. The first-order chi connectivity index (χ1) is 15.8. The van der Waals surface area contributed by atoms with E-state index in [1.54, 1.807) is 18.2 Å². The molecular weight excluding hydrogens is 465 g/mol. The fourth-order valence-electron chi connectivity index (χ4n) is 4.49. The Morgan fingerprint density at radius 3 is 2.30 bits per heavy atom. The Morgan fingerprint density at radius 1 is 1.12 bits per heavy atom. The largest absolute Gasteiger partial charge is 0.355 e. The summed E-state index contributed by atoms with van der Waals surface area (Å²) in [4.78, 5) is 54.2. The molecule has 3 atom stereocenters. The van der Waals surface area contributed by atoms with Crippen molar-refractivity contribution in [3.63, 3.8) is 0 Å². The van der Waals surface area contributed by atoms with E-state index in [1.165, 1.54) is 9.80 Å². The van der Waals surface area contributed by atoms with E-state index in [1.807, 2.05) is 26.0 Å². The molecule has 1 saturated heterocycles. The first-order valence-electron chi connectivity index (χ1n) is 11.3. The number of nitrogens with one attached hydrogen (secondary N) is 1. The van der Waals surface area contributed by atoms with Gasteiger partial charge in [-0.05, 0) is 43.9 Å². The van der Waals surface area contributed by atoms with Gasteiger partial charge in [-0.1, -0.05) is 48.3 Å². The molecule has 1 aromatic rings. The molecule has 1 aromatic carbocycles. The summed E-state index contributed by atoms with van der Waals surface area (Å²) in [6.07, 6.45) is 5.30. The molecule has 1 N–H and O–H groups in total. The summed E-state index contributed by atoms with van der Waals surface area (Å²) < 4.78 is 0. The smallest absolute Gasteiger partial charge is 0.242 e. The van der Waals surface area contributed by atoms with Gasteiger partial charge >= 0.3 is 0 Å². The van der Waals surface area contributed by atoms with E-state index in [-0.39, 0.29) is 55.0 Å². The van der Waals surface area contributed by atoms with Crippen LogP contribution in [0, 0.1) is 11.8 Å². The maximum absolute atomic E-state index is 13.3. The second-order valence-electron chi connectivity index (χ2n) is 8.31. The molecule has 0 saturated carbocycles. The molecule has 1 aliphatic carbocycles. The minimum atomic E-state index is -0.707. The van der Waals surface area contributed by atoms with Gasteiger partial charge in [0.05, 0.1) is 11.8 Å². The van der Waals surface area contributed by atoms with Crippen molar-refractivity contribution < 1.29 is 19.2 Å². The van der Waals surface area contributed by atoms with Gasteiger partial charge in [0.1, 0.15) is 6.04 Å². The topological polar surface area (TPSA) is 86.8 Å². The van der Waals surface area contributed by atoms with Gasteiger partial charge in [0, 0.05) is 36.1 Å². The SMILES string of the molecule is CCNC(=O)[C@@H](CC)N(Cc1ccc(Cl)cc1Cl)C(=O)CCN1C(=O)[C@H]2CC=CC[C@H]2C1=O. The quantitative estimate of drug-likeness (QED) is 0.420. The van der Waals surface area contributed by atoms with Crippen LogP contribution in [0.2, 0.25) is 10.0 Å². The number of hydrogen-bond acceptors (Lipinski definition) is 4. The first-order valence-corrected chi connectivity index (χ1v) is 12.0. The third kappa shape index (κ3) is 5.58. The summed E-state index contributed by atoms with van der Waals surface area (Å²) >= 11 is 12.3. The van der Waals surface area contributed by atoms with Crippen LogP contribution in [0.15, 0.2) is 30.4 Å². The zero-order valence-corrected chi connectivity index (χ0v) is 20.4. The molecule has 0 bridgehead atoms. The molecule has 3 rings (SSSR count).